The molecule has 2 rings (SSSR count). The topological polar surface area (TPSA) is 80.9 Å². The molecule has 1 aromatic carbocycles. The van der Waals surface area contributed by atoms with Gasteiger partial charge in [-0.05, 0) is 34.9 Å². The van der Waals surface area contributed by atoms with Crippen molar-refractivity contribution < 1.29 is 9.90 Å². The summed E-state index contributed by atoms with van der Waals surface area (Å²) in [7, 11) is 0. The van der Waals surface area contributed by atoms with Crippen molar-refractivity contribution in [3.63, 3.8) is 0 Å². The highest BCUT2D eigenvalue weighted by Crippen LogP contribution is 2.29. The number of benzene rings is 1. The summed E-state index contributed by atoms with van der Waals surface area (Å²) >= 11 is 6.31. The molecule has 1 N–H and O–H groups in total. The molecule has 2 aromatic rings. The SMILES string of the molecule is CCC(CC(=O)O)Cn1nnnc1-c1cccc(C)c1Cl. The standard InChI is InChI=1S/C14H17ClN4O2/c1-3-10(7-12(20)21)8-19-14(16-17-18-19)11-6-4-5-9(2)13(11)15/h4-6,10H,3,7-8H2,1-2H3,(H,20,21). The highest BCUT2D eigenvalue weighted by molar-refractivity contribution is 6.33. The Morgan fingerprint density at radius 1 is 1.48 bits per heavy atom. The molecule has 112 valence electrons. The Balaban J connectivity index is 2.30. The van der Waals surface area contributed by atoms with Gasteiger partial charge >= 0.3 is 5.97 Å². The molecular formula is C14H17ClN4O2. The number of nitrogens with zero attached hydrogens (tertiary/aromatic N) is 4. The molecule has 0 aliphatic carbocycles. The predicted octanol–water partition coefficient (Wildman–Crippen LogP) is 2.80. The zero-order valence-electron chi connectivity index (χ0n) is 12.0. The Bertz CT molecular complexity index is 642. The third-order valence-corrected chi connectivity index (χ3v) is 3.94. The first-order valence-corrected chi connectivity index (χ1v) is 7.14. The second kappa shape index (κ2) is 6.67. The average Bonchev–Trinajstić information content (AvgIpc) is 2.88. The number of hydrogen-bond acceptors (Lipinski definition) is 4. The summed E-state index contributed by atoms with van der Waals surface area (Å²) in [5, 5.41) is 21.2. The van der Waals surface area contributed by atoms with Crippen LogP contribution in [0.3, 0.4) is 0 Å². The number of hydrogen-bond donors (Lipinski definition) is 1. The fraction of sp³-hybridized carbons (Fsp3) is 0.429. The van der Waals surface area contributed by atoms with Crippen LogP contribution in [0.25, 0.3) is 11.4 Å². The van der Waals surface area contributed by atoms with Crippen molar-refractivity contribution in [1.82, 2.24) is 20.2 Å². The number of tetrazole rings is 1. The number of aromatic nitrogens is 4. The van der Waals surface area contributed by atoms with Gasteiger partial charge in [0.25, 0.3) is 0 Å². The number of carboxylic acid groups (broad SMARTS) is 1. The lowest BCUT2D eigenvalue weighted by atomic mass is 10.0. The summed E-state index contributed by atoms with van der Waals surface area (Å²) in [5.41, 5.74) is 1.70. The van der Waals surface area contributed by atoms with Gasteiger partial charge < -0.3 is 5.11 Å². The maximum absolute atomic E-state index is 10.9. The Labute approximate surface area is 127 Å². The van der Waals surface area contributed by atoms with Crippen LogP contribution >= 0.6 is 11.6 Å². The van der Waals surface area contributed by atoms with Crippen LogP contribution < -0.4 is 0 Å². The largest absolute Gasteiger partial charge is 0.481 e. The highest BCUT2D eigenvalue weighted by atomic mass is 35.5. The molecule has 1 unspecified atom stereocenters. The van der Waals surface area contributed by atoms with Gasteiger partial charge in [-0.3, -0.25) is 4.79 Å². The quantitative estimate of drug-likeness (QED) is 0.887. The molecule has 0 aliphatic heterocycles. The van der Waals surface area contributed by atoms with E-state index >= 15 is 0 Å². The van der Waals surface area contributed by atoms with Crippen LogP contribution in [-0.2, 0) is 11.3 Å². The minimum absolute atomic E-state index is 0.0201. The lowest BCUT2D eigenvalue weighted by Crippen LogP contribution is -2.16. The van der Waals surface area contributed by atoms with Crippen LogP contribution in [0.4, 0.5) is 0 Å². The number of carboxylic acids is 1. The van der Waals surface area contributed by atoms with E-state index in [1.165, 1.54) is 0 Å². The monoisotopic (exact) mass is 308 g/mol. The van der Waals surface area contributed by atoms with Gasteiger partial charge in [0, 0.05) is 18.5 Å². The van der Waals surface area contributed by atoms with Gasteiger partial charge in [-0.1, -0.05) is 37.1 Å². The zero-order valence-corrected chi connectivity index (χ0v) is 12.7. The second-order valence-electron chi connectivity index (χ2n) is 4.99. The minimum Gasteiger partial charge on any atom is -0.481 e. The molecule has 1 aromatic heterocycles. The van der Waals surface area contributed by atoms with E-state index in [-0.39, 0.29) is 12.3 Å². The van der Waals surface area contributed by atoms with E-state index in [0.29, 0.717) is 17.4 Å². The Hall–Kier alpha value is -1.95. The van der Waals surface area contributed by atoms with E-state index in [1.54, 1.807) is 4.68 Å². The van der Waals surface area contributed by atoms with Gasteiger partial charge in [0.15, 0.2) is 5.82 Å². The van der Waals surface area contributed by atoms with E-state index in [9.17, 15) is 4.79 Å². The first-order chi connectivity index (χ1) is 10.0. The summed E-state index contributed by atoms with van der Waals surface area (Å²) in [4.78, 5) is 10.9. The molecule has 0 spiro atoms. The van der Waals surface area contributed by atoms with Crippen molar-refractivity contribution in [2.24, 2.45) is 5.92 Å². The molecule has 0 saturated heterocycles. The van der Waals surface area contributed by atoms with Crippen molar-refractivity contribution >= 4 is 17.6 Å². The van der Waals surface area contributed by atoms with Crippen molar-refractivity contribution in [3.8, 4) is 11.4 Å². The molecule has 0 amide bonds. The van der Waals surface area contributed by atoms with Gasteiger partial charge in [-0.2, -0.15) is 0 Å². The maximum Gasteiger partial charge on any atom is 0.303 e. The first kappa shape index (κ1) is 15.4. The van der Waals surface area contributed by atoms with E-state index in [2.05, 4.69) is 15.5 Å². The van der Waals surface area contributed by atoms with Crippen LogP contribution in [0.15, 0.2) is 18.2 Å². The molecular weight excluding hydrogens is 292 g/mol. The molecule has 0 aliphatic rings. The number of rotatable bonds is 6. The zero-order chi connectivity index (χ0) is 15.4. The summed E-state index contributed by atoms with van der Waals surface area (Å²) < 4.78 is 1.62. The van der Waals surface area contributed by atoms with Crippen molar-refractivity contribution in [2.45, 2.75) is 33.2 Å². The van der Waals surface area contributed by atoms with Crippen LogP contribution in [0.5, 0.6) is 0 Å². The summed E-state index contributed by atoms with van der Waals surface area (Å²) in [6.45, 7) is 4.33. The third-order valence-electron chi connectivity index (χ3n) is 3.44. The summed E-state index contributed by atoms with van der Waals surface area (Å²) in [6, 6.07) is 5.67. The molecule has 0 fully saturated rings. The van der Waals surface area contributed by atoms with Crippen LogP contribution in [0, 0.1) is 12.8 Å². The van der Waals surface area contributed by atoms with Gasteiger partial charge in [0.1, 0.15) is 0 Å². The van der Waals surface area contributed by atoms with Crippen LogP contribution in [-0.4, -0.2) is 31.3 Å². The molecule has 0 radical (unpaired) electrons. The van der Waals surface area contributed by atoms with Gasteiger partial charge in [0.2, 0.25) is 0 Å². The van der Waals surface area contributed by atoms with Crippen molar-refractivity contribution in [2.75, 3.05) is 0 Å². The van der Waals surface area contributed by atoms with Crippen LogP contribution in [0.1, 0.15) is 25.3 Å². The number of carbonyl (C=O) groups is 1. The number of halogens is 1. The fourth-order valence-electron chi connectivity index (χ4n) is 2.17. The number of aryl methyl sites for hydroxylation is 1. The lowest BCUT2D eigenvalue weighted by molar-refractivity contribution is -0.138. The smallest absolute Gasteiger partial charge is 0.303 e. The molecule has 6 nitrogen and oxygen atoms in total. The van der Waals surface area contributed by atoms with E-state index in [4.69, 9.17) is 16.7 Å². The average molecular weight is 309 g/mol. The third kappa shape index (κ3) is 3.58. The summed E-state index contributed by atoms with van der Waals surface area (Å²) in [6.07, 6.45) is 0.838. The van der Waals surface area contributed by atoms with E-state index in [0.717, 1.165) is 17.5 Å². The molecule has 1 atom stereocenters. The Morgan fingerprint density at radius 3 is 2.90 bits per heavy atom. The van der Waals surface area contributed by atoms with E-state index < -0.39 is 5.97 Å². The van der Waals surface area contributed by atoms with Crippen molar-refractivity contribution in [3.05, 3.63) is 28.8 Å². The van der Waals surface area contributed by atoms with Gasteiger partial charge in [-0.15, -0.1) is 5.10 Å². The van der Waals surface area contributed by atoms with Gasteiger partial charge in [0.05, 0.1) is 5.02 Å². The minimum atomic E-state index is -0.815. The van der Waals surface area contributed by atoms with Gasteiger partial charge in [-0.25, -0.2) is 4.68 Å². The number of aliphatic carboxylic acids is 1. The molecule has 7 heteroatoms. The lowest BCUT2D eigenvalue weighted by Gasteiger charge is -2.13. The Morgan fingerprint density at radius 2 is 2.24 bits per heavy atom. The normalized spacial score (nSPS) is 12.3. The maximum atomic E-state index is 10.9. The predicted molar refractivity (Wildman–Crippen MR) is 79.0 cm³/mol. The molecule has 1 heterocycles. The van der Waals surface area contributed by atoms with E-state index in [1.807, 2.05) is 32.0 Å². The fourth-order valence-corrected chi connectivity index (χ4v) is 2.38. The molecule has 21 heavy (non-hydrogen) atoms. The molecule has 0 bridgehead atoms. The Kier molecular flexibility index (Phi) is 4.90. The van der Waals surface area contributed by atoms with Crippen molar-refractivity contribution in [1.29, 1.82) is 0 Å². The summed E-state index contributed by atoms with van der Waals surface area (Å²) in [5.74, 6) is -0.272. The molecule has 0 saturated carbocycles. The first-order valence-electron chi connectivity index (χ1n) is 6.76. The second-order valence-corrected chi connectivity index (χ2v) is 5.37. The van der Waals surface area contributed by atoms with Crippen LogP contribution in [0.2, 0.25) is 5.02 Å². The highest BCUT2D eigenvalue weighted by Gasteiger charge is 2.18.